The highest BCUT2D eigenvalue weighted by atomic mass is 32.2. The van der Waals surface area contributed by atoms with Gasteiger partial charge in [-0.3, -0.25) is 4.72 Å². The van der Waals surface area contributed by atoms with Gasteiger partial charge in [0.15, 0.2) is 0 Å². The van der Waals surface area contributed by atoms with Gasteiger partial charge in [0.25, 0.3) is 10.0 Å². The Morgan fingerprint density at radius 3 is 2.26 bits per heavy atom. The number of anilines is 2. The largest absolute Gasteiger partial charge is 0.495 e. The molecule has 0 atom stereocenters. The van der Waals surface area contributed by atoms with Gasteiger partial charge in [0.05, 0.1) is 7.11 Å². The molecule has 0 spiro atoms. The van der Waals surface area contributed by atoms with Crippen molar-refractivity contribution in [1.29, 1.82) is 0 Å². The van der Waals surface area contributed by atoms with Gasteiger partial charge in [0.2, 0.25) is 0 Å². The molecular formula is C17H22N2O3S. The molecule has 0 saturated heterocycles. The number of sulfonamides is 1. The normalized spacial score (nSPS) is 11.1. The molecule has 124 valence electrons. The zero-order valence-corrected chi connectivity index (χ0v) is 14.6. The second-order valence-electron chi connectivity index (χ2n) is 5.39. The molecule has 0 fully saturated rings. The maximum absolute atomic E-state index is 12.7. The highest BCUT2D eigenvalue weighted by Crippen LogP contribution is 2.27. The number of nitrogens with zero attached hydrogens (tertiary/aromatic N) is 1. The van der Waals surface area contributed by atoms with E-state index in [1.54, 1.807) is 24.3 Å². The summed E-state index contributed by atoms with van der Waals surface area (Å²) >= 11 is 0. The Bertz CT molecular complexity index is 769. The predicted octanol–water partition coefficient (Wildman–Crippen LogP) is 3.12. The lowest BCUT2D eigenvalue weighted by atomic mass is 10.2. The van der Waals surface area contributed by atoms with E-state index in [2.05, 4.69) is 4.72 Å². The first-order chi connectivity index (χ1) is 10.9. The van der Waals surface area contributed by atoms with E-state index in [-0.39, 0.29) is 4.90 Å². The summed E-state index contributed by atoms with van der Waals surface area (Å²) in [4.78, 5) is 2.10. The fourth-order valence-electron chi connectivity index (χ4n) is 2.19. The third-order valence-electron chi connectivity index (χ3n) is 3.56. The molecule has 6 heteroatoms. The number of aryl methyl sites for hydroxylation is 1. The summed E-state index contributed by atoms with van der Waals surface area (Å²) in [5, 5.41) is 0. The summed E-state index contributed by atoms with van der Waals surface area (Å²) in [5.74, 6) is 0.333. The van der Waals surface area contributed by atoms with Gasteiger partial charge in [0.1, 0.15) is 10.6 Å². The molecule has 0 saturated carbocycles. The average molecular weight is 334 g/mol. The number of hydrogen-bond acceptors (Lipinski definition) is 4. The first-order valence-corrected chi connectivity index (χ1v) is 8.83. The van der Waals surface area contributed by atoms with E-state index in [9.17, 15) is 8.42 Å². The summed E-state index contributed by atoms with van der Waals surface area (Å²) in [7, 11) is 1.62. The van der Waals surface area contributed by atoms with Crippen molar-refractivity contribution in [1.82, 2.24) is 0 Å². The van der Waals surface area contributed by atoms with Gasteiger partial charge in [-0.15, -0.1) is 0 Å². The van der Waals surface area contributed by atoms with Crippen LogP contribution >= 0.6 is 0 Å². The van der Waals surface area contributed by atoms with Gasteiger partial charge >= 0.3 is 0 Å². The van der Waals surface area contributed by atoms with Crippen LogP contribution in [0, 0.1) is 0 Å². The highest BCUT2D eigenvalue weighted by Gasteiger charge is 2.20. The first-order valence-electron chi connectivity index (χ1n) is 7.34. The van der Waals surface area contributed by atoms with Gasteiger partial charge in [0, 0.05) is 25.5 Å². The van der Waals surface area contributed by atoms with Crippen LogP contribution in [0.4, 0.5) is 11.4 Å². The van der Waals surface area contributed by atoms with Crippen LogP contribution in [0.1, 0.15) is 12.5 Å². The Labute approximate surface area is 137 Å². The molecule has 0 aliphatic heterocycles. The van der Waals surface area contributed by atoms with Crippen molar-refractivity contribution in [3.8, 4) is 5.75 Å². The first kappa shape index (κ1) is 17.1. The van der Waals surface area contributed by atoms with Crippen molar-refractivity contribution >= 4 is 21.4 Å². The minimum Gasteiger partial charge on any atom is -0.495 e. The van der Waals surface area contributed by atoms with Crippen molar-refractivity contribution < 1.29 is 13.2 Å². The molecule has 23 heavy (non-hydrogen) atoms. The monoisotopic (exact) mass is 334 g/mol. The molecule has 0 unspecified atom stereocenters. The highest BCUT2D eigenvalue weighted by molar-refractivity contribution is 7.92. The maximum Gasteiger partial charge on any atom is 0.265 e. The van der Waals surface area contributed by atoms with Crippen molar-refractivity contribution in [2.45, 2.75) is 18.2 Å². The third-order valence-corrected chi connectivity index (χ3v) is 4.96. The Hall–Kier alpha value is -2.21. The number of methoxy groups -OCH3 is 1. The molecule has 0 bridgehead atoms. The van der Waals surface area contributed by atoms with Crippen LogP contribution in [0.15, 0.2) is 47.4 Å². The summed E-state index contributed by atoms with van der Waals surface area (Å²) in [6.45, 7) is 1.98. The van der Waals surface area contributed by atoms with Gasteiger partial charge in [-0.25, -0.2) is 8.42 Å². The molecule has 0 heterocycles. The SMILES string of the molecule is CCc1ccc(OC)c(S(=O)(=O)Nc2ccc(N(C)C)cc2)c1. The number of hydrogen-bond donors (Lipinski definition) is 1. The van der Waals surface area contributed by atoms with Crippen molar-refractivity contribution in [2.24, 2.45) is 0 Å². The molecule has 0 amide bonds. The quantitative estimate of drug-likeness (QED) is 0.882. The molecule has 2 rings (SSSR count). The lowest BCUT2D eigenvalue weighted by molar-refractivity contribution is 0.402. The lowest BCUT2D eigenvalue weighted by Crippen LogP contribution is -2.15. The Morgan fingerprint density at radius 2 is 1.74 bits per heavy atom. The van der Waals surface area contributed by atoms with Crippen molar-refractivity contribution in [2.75, 3.05) is 30.8 Å². The number of rotatable bonds is 6. The van der Waals surface area contributed by atoms with Crippen LogP contribution in [-0.2, 0) is 16.4 Å². The average Bonchev–Trinajstić information content (AvgIpc) is 2.54. The minimum atomic E-state index is -3.71. The summed E-state index contributed by atoms with van der Waals surface area (Å²) in [6.07, 6.45) is 0.754. The van der Waals surface area contributed by atoms with Crippen LogP contribution in [0.3, 0.4) is 0 Å². The number of ether oxygens (including phenoxy) is 1. The molecule has 1 N–H and O–H groups in total. The van der Waals surface area contributed by atoms with Crippen LogP contribution in [0.5, 0.6) is 5.75 Å². The molecule has 2 aromatic carbocycles. The summed E-state index contributed by atoms with van der Waals surface area (Å²) in [6, 6.07) is 12.4. The molecular weight excluding hydrogens is 312 g/mol. The van der Waals surface area contributed by atoms with E-state index >= 15 is 0 Å². The Morgan fingerprint density at radius 1 is 1.09 bits per heavy atom. The second kappa shape index (κ2) is 6.91. The summed E-state index contributed by atoms with van der Waals surface area (Å²) in [5.41, 5.74) is 2.45. The predicted molar refractivity (Wildman–Crippen MR) is 93.9 cm³/mol. The third kappa shape index (κ3) is 3.96. The fourth-order valence-corrected chi connectivity index (χ4v) is 3.47. The molecule has 2 aromatic rings. The van der Waals surface area contributed by atoms with E-state index < -0.39 is 10.0 Å². The van der Waals surface area contributed by atoms with Gasteiger partial charge in [-0.2, -0.15) is 0 Å². The van der Waals surface area contributed by atoms with E-state index in [0.717, 1.165) is 17.7 Å². The second-order valence-corrected chi connectivity index (χ2v) is 7.04. The zero-order valence-electron chi connectivity index (χ0n) is 13.8. The molecule has 0 aliphatic carbocycles. The van der Waals surface area contributed by atoms with E-state index in [1.165, 1.54) is 7.11 Å². The van der Waals surface area contributed by atoms with Crippen LogP contribution in [0.2, 0.25) is 0 Å². The van der Waals surface area contributed by atoms with E-state index in [4.69, 9.17) is 4.74 Å². The summed E-state index contributed by atoms with van der Waals surface area (Å²) < 4.78 is 33.1. The number of nitrogens with one attached hydrogen (secondary N) is 1. The molecule has 0 aliphatic rings. The van der Waals surface area contributed by atoms with Crippen LogP contribution in [0.25, 0.3) is 0 Å². The van der Waals surface area contributed by atoms with Crippen LogP contribution in [-0.4, -0.2) is 29.6 Å². The van der Waals surface area contributed by atoms with Gasteiger partial charge < -0.3 is 9.64 Å². The topological polar surface area (TPSA) is 58.6 Å². The van der Waals surface area contributed by atoms with Gasteiger partial charge in [-0.1, -0.05) is 13.0 Å². The standard InChI is InChI=1S/C17H22N2O3S/c1-5-13-6-11-16(22-4)17(12-13)23(20,21)18-14-7-9-15(10-8-14)19(2)3/h6-12,18H,5H2,1-4H3. The lowest BCUT2D eigenvalue weighted by Gasteiger charge is -2.15. The van der Waals surface area contributed by atoms with Crippen molar-refractivity contribution in [3.05, 3.63) is 48.0 Å². The maximum atomic E-state index is 12.7. The van der Waals surface area contributed by atoms with E-state index in [1.807, 2.05) is 44.1 Å². The Balaban J connectivity index is 2.35. The smallest absolute Gasteiger partial charge is 0.265 e. The molecule has 0 radical (unpaired) electrons. The Kier molecular flexibility index (Phi) is 5.15. The molecule has 5 nitrogen and oxygen atoms in total. The fraction of sp³-hybridized carbons (Fsp3) is 0.294. The van der Waals surface area contributed by atoms with Crippen molar-refractivity contribution in [3.63, 3.8) is 0 Å². The zero-order chi connectivity index (χ0) is 17.0. The van der Waals surface area contributed by atoms with Crippen LogP contribution < -0.4 is 14.4 Å². The van der Waals surface area contributed by atoms with E-state index in [0.29, 0.717) is 11.4 Å². The van der Waals surface area contributed by atoms with Gasteiger partial charge in [-0.05, 0) is 48.4 Å². The minimum absolute atomic E-state index is 0.149. The molecule has 0 aromatic heterocycles. The number of benzene rings is 2.